The Kier molecular flexibility index (Phi) is 5.60. The van der Waals surface area contributed by atoms with Crippen LogP contribution in [0.5, 0.6) is 0 Å². The van der Waals surface area contributed by atoms with E-state index in [0.717, 1.165) is 53.9 Å². The smallest absolute Gasteiger partial charge is 0.244 e. The number of hydrogen-bond donors (Lipinski definition) is 1. The van der Waals surface area contributed by atoms with Crippen LogP contribution in [0.15, 0.2) is 48.5 Å². The highest BCUT2D eigenvalue weighted by Crippen LogP contribution is 2.19. The standard InChI is InChI=1S/C23H26N4O2/c1-2-21-25-19-10-3-4-11-20(19)27(21)16-22(28)24-18-9-7-8-17(14-18)15-26-13-6-5-12-23(26)29/h3-4,7-11,14H,2,5-6,12-13,15-16H2,1H3,(H,24,28). The van der Waals surface area contributed by atoms with E-state index in [9.17, 15) is 9.59 Å². The normalized spacial score (nSPS) is 14.4. The lowest BCUT2D eigenvalue weighted by atomic mass is 10.1. The van der Waals surface area contributed by atoms with Gasteiger partial charge in [0.05, 0.1) is 11.0 Å². The minimum Gasteiger partial charge on any atom is -0.338 e. The van der Waals surface area contributed by atoms with E-state index in [1.165, 1.54) is 0 Å². The Morgan fingerprint density at radius 2 is 2.00 bits per heavy atom. The lowest BCUT2D eigenvalue weighted by Crippen LogP contribution is -2.34. The summed E-state index contributed by atoms with van der Waals surface area (Å²) in [5, 5.41) is 2.99. The first-order chi connectivity index (χ1) is 14.1. The van der Waals surface area contributed by atoms with Crippen LogP contribution in [-0.4, -0.2) is 32.8 Å². The summed E-state index contributed by atoms with van der Waals surface area (Å²) in [7, 11) is 0. The zero-order chi connectivity index (χ0) is 20.2. The number of hydrogen-bond acceptors (Lipinski definition) is 3. The molecule has 4 rings (SSSR count). The molecule has 0 aliphatic carbocycles. The van der Waals surface area contributed by atoms with Crippen LogP contribution in [-0.2, 0) is 29.1 Å². The van der Waals surface area contributed by atoms with Gasteiger partial charge in [0.1, 0.15) is 12.4 Å². The van der Waals surface area contributed by atoms with E-state index in [1.54, 1.807) is 0 Å². The molecule has 150 valence electrons. The first-order valence-corrected chi connectivity index (χ1v) is 10.2. The number of carbonyl (C=O) groups excluding carboxylic acids is 2. The van der Waals surface area contributed by atoms with E-state index in [1.807, 2.05) is 64.9 Å². The van der Waals surface area contributed by atoms with Crippen molar-refractivity contribution in [2.24, 2.45) is 0 Å². The number of rotatable bonds is 6. The molecular weight excluding hydrogens is 364 g/mol. The summed E-state index contributed by atoms with van der Waals surface area (Å²) >= 11 is 0. The molecule has 0 saturated carbocycles. The van der Waals surface area contributed by atoms with Crippen LogP contribution in [0.4, 0.5) is 5.69 Å². The van der Waals surface area contributed by atoms with Gasteiger partial charge in [-0.25, -0.2) is 4.98 Å². The first-order valence-electron chi connectivity index (χ1n) is 10.2. The Balaban J connectivity index is 1.46. The van der Waals surface area contributed by atoms with E-state index in [-0.39, 0.29) is 18.4 Å². The third kappa shape index (κ3) is 4.31. The Bertz CT molecular complexity index is 1040. The van der Waals surface area contributed by atoms with Crippen LogP contribution in [0.1, 0.15) is 37.6 Å². The molecular formula is C23H26N4O2. The van der Waals surface area contributed by atoms with Crippen molar-refractivity contribution in [2.75, 3.05) is 11.9 Å². The molecule has 2 heterocycles. The van der Waals surface area contributed by atoms with Crippen molar-refractivity contribution in [1.29, 1.82) is 0 Å². The van der Waals surface area contributed by atoms with E-state index in [0.29, 0.717) is 13.0 Å². The predicted molar refractivity (Wildman–Crippen MR) is 113 cm³/mol. The number of aryl methyl sites for hydroxylation is 1. The van der Waals surface area contributed by atoms with Crippen LogP contribution in [0.25, 0.3) is 11.0 Å². The van der Waals surface area contributed by atoms with E-state index in [4.69, 9.17) is 0 Å². The minimum atomic E-state index is -0.0888. The third-order valence-electron chi connectivity index (χ3n) is 5.36. The van der Waals surface area contributed by atoms with Crippen molar-refractivity contribution >= 4 is 28.5 Å². The van der Waals surface area contributed by atoms with Crippen LogP contribution in [0.2, 0.25) is 0 Å². The molecule has 1 aromatic heterocycles. The fourth-order valence-corrected chi connectivity index (χ4v) is 3.91. The number of para-hydroxylation sites is 2. The number of likely N-dealkylation sites (tertiary alicyclic amines) is 1. The van der Waals surface area contributed by atoms with Gasteiger partial charge in [0.2, 0.25) is 11.8 Å². The van der Waals surface area contributed by atoms with Crippen molar-refractivity contribution in [3.05, 3.63) is 59.9 Å². The molecule has 0 bridgehead atoms. The lowest BCUT2D eigenvalue weighted by molar-refractivity contribution is -0.133. The maximum atomic E-state index is 12.7. The van der Waals surface area contributed by atoms with Gasteiger partial charge >= 0.3 is 0 Å². The average Bonchev–Trinajstić information content (AvgIpc) is 3.07. The van der Waals surface area contributed by atoms with Gasteiger partial charge in [-0.1, -0.05) is 31.2 Å². The Hall–Kier alpha value is -3.15. The van der Waals surface area contributed by atoms with Crippen molar-refractivity contribution < 1.29 is 9.59 Å². The molecule has 2 aromatic carbocycles. The number of aromatic nitrogens is 2. The topological polar surface area (TPSA) is 67.2 Å². The summed E-state index contributed by atoms with van der Waals surface area (Å²) in [6.07, 6.45) is 3.44. The quantitative estimate of drug-likeness (QED) is 0.697. The molecule has 1 aliphatic heterocycles. The number of benzene rings is 2. The maximum absolute atomic E-state index is 12.7. The monoisotopic (exact) mass is 390 g/mol. The number of nitrogens with one attached hydrogen (secondary N) is 1. The van der Waals surface area contributed by atoms with Gasteiger partial charge in [-0.15, -0.1) is 0 Å². The van der Waals surface area contributed by atoms with Gasteiger partial charge in [0.25, 0.3) is 0 Å². The number of fused-ring (bicyclic) bond motifs is 1. The SMILES string of the molecule is CCc1nc2ccccc2n1CC(=O)Nc1cccc(CN2CCCCC2=O)c1. The van der Waals surface area contributed by atoms with E-state index >= 15 is 0 Å². The number of amides is 2. The second kappa shape index (κ2) is 8.47. The van der Waals surface area contributed by atoms with Crippen molar-refractivity contribution in [3.8, 4) is 0 Å². The summed E-state index contributed by atoms with van der Waals surface area (Å²) in [6, 6.07) is 15.6. The number of piperidine rings is 1. The lowest BCUT2D eigenvalue weighted by Gasteiger charge is -2.26. The molecule has 0 spiro atoms. The highest BCUT2D eigenvalue weighted by Gasteiger charge is 2.18. The Labute approximate surface area is 170 Å². The summed E-state index contributed by atoms with van der Waals surface area (Å²) < 4.78 is 1.97. The minimum absolute atomic E-state index is 0.0888. The molecule has 6 nitrogen and oxygen atoms in total. The van der Waals surface area contributed by atoms with Crippen LogP contribution < -0.4 is 5.32 Å². The number of nitrogens with zero attached hydrogens (tertiary/aromatic N) is 3. The molecule has 1 saturated heterocycles. The van der Waals surface area contributed by atoms with Crippen LogP contribution in [0.3, 0.4) is 0 Å². The van der Waals surface area contributed by atoms with Gasteiger partial charge in [0.15, 0.2) is 0 Å². The van der Waals surface area contributed by atoms with Gasteiger partial charge in [-0.2, -0.15) is 0 Å². The average molecular weight is 390 g/mol. The van der Waals surface area contributed by atoms with Crippen molar-refractivity contribution in [2.45, 2.75) is 45.7 Å². The predicted octanol–water partition coefficient (Wildman–Crippen LogP) is 3.75. The maximum Gasteiger partial charge on any atom is 0.244 e. The van der Waals surface area contributed by atoms with E-state index < -0.39 is 0 Å². The number of carbonyl (C=O) groups is 2. The van der Waals surface area contributed by atoms with Gasteiger partial charge in [-0.05, 0) is 42.7 Å². The molecule has 1 N–H and O–H groups in total. The largest absolute Gasteiger partial charge is 0.338 e. The summed E-state index contributed by atoms with van der Waals surface area (Å²) in [5.41, 5.74) is 3.65. The first kappa shape index (κ1) is 19.2. The zero-order valence-corrected chi connectivity index (χ0v) is 16.7. The second-order valence-corrected chi connectivity index (χ2v) is 7.48. The van der Waals surface area contributed by atoms with Crippen LogP contribution >= 0.6 is 0 Å². The summed E-state index contributed by atoms with van der Waals surface area (Å²) in [6.45, 7) is 3.66. The fourth-order valence-electron chi connectivity index (χ4n) is 3.91. The van der Waals surface area contributed by atoms with E-state index in [2.05, 4.69) is 10.3 Å². The molecule has 3 aromatic rings. The van der Waals surface area contributed by atoms with Crippen molar-refractivity contribution in [1.82, 2.24) is 14.5 Å². The number of imidazole rings is 1. The highest BCUT2D eigenvalue weighted by atomic mass is 16.2. The third-order valence-corrected chi connectivity index (χ3v) is 5.36. The molecule has 29 heavy (non-hydrogen) atoms. The molecule has 1 aliphatic rings. The van der Waals surface area contributed by atoms with Gasteiger partial charge < -0.3 is 14.8 Å². The Morgan fingerprint density at radius 1 is 1.14 bits per heavy atom. The highest BCUT2D eigenvalue weighted by molar-refractivity contribution is 5.91. The Morgan fingerprint density at radius 3 is 2.83 bits per heavy atom. The summed E-state index contributed by atoms with van der Waals surface area (Å²) in [4.78, 5) is 31.3. The molecule has 0 unspecified atom stereocenters. The molecule has 6 heteroatoms. The number of anilines is 1. The van der Waals surface area contributed by atoms with Gasteiger partial charge in [-0.3, -0.25) is 9.59 Å². The molecule has 0 radical (unpaired) electrons. The fraction of sp³-hybridized carbons (Fsp3) is 0.348. The molecule has 2 amide bonds. The van der Waals surface area contributed by atoms with Gasteiger partial charge in [0, 0.05) is 31.6 Å². The molecule has 0 atom stereocenters. The molecule has 1 fully saturated rings. The van der Waals surface area contributed by atoms with Crippen molar-refractivity contribution in [3.63, 3.8) is 0 Å². The second-order valence-electron chi connectivity index (χ2n) is 7.48. The van der Waals surface area contributed by atoms with Crippen LogP contribution in [0, 0.1) is 0 Å². The zero-order valence-electron chi connectivity index (χ0n) is 16.7. The summed E-state index contributed by atoms with van der Waals surface area (Å²) in [5.74, 6) is 1.03.